The number of esters is 1. The van der Waals surface area contributed by atoms with Gasteiger partial charge < -0.3 is 9.84 Å². The summed E-state index contributed by atoms with van der Waals surface area (Å²) in [6.07, 6.45) is 1.94. The Morgan fingerprint density at radius 1 is 1.24 bits per heavy atom. The Morgan fingerprint density at radius 3 is 2.57 bits per heavy atom. The summed E-state index contributed by atoms with van der Waals surface area (Å²) < 4.78 is 4.88. The van der Waals surface area contributed by atoms with Crippen molar-refractivity contribution < 1.29 is 24.2 Å². The first-order valence-electron chi connectivity index (χ1n) is 7.09. The number of fused-ring (bicyclic) bond motifs is 1. The van der Waals surface area contributed by atoms with Crippen molar-refractivity contribution >= 4 is 17.5 Å². The number of ketones is 2. The Morgan fingerprint density at radius 2 is 1.95 bits per heavy atom. The van der Waals surface area contributed by atoms with Gasteiger partial charge in [0.15, 0.2) is 0 Å². The van der Waals surface area contributed by atoms with E-state index in [1.54, 1.807) is 12.1 Å². The number of rotatable bonds is 5. The highest BCUT2D eigenvalue weighted by atomic mass is 16.6. The summed E-state index contributed by atoms with van der Waals surface area (Å²) in [7, 11) is 0. The van der Waals surface area contributed by atoms with Crippen LogP contribution >= 0.6 is 0 Å². The van der Waals surface area contributed by atoms with Gasteiger partial charge in [-0.25, -0.2) is 4.79 Å². The second kappa shape index (κ2) is 5.77. The summed E-state index contributed by atoms with van der Waals surface area (Å²) in [5.74, 6) is -2.94. The van der Waals surface area contributed by atoms with Crippen LogP contribution < -0.4 is 0 Å². The number of aryl methyl sites for hydroxylation is 1. The highest BCUT2D eigenvalue weighted by Gasteiger charge is 2.59. The van der Waals surface area contributed by atoms with E-state index in [9.17, 15) is 19.5 Å². The Labute approximate surface area is 122 Å². The van der Waals surface area contributed by atoms with Gasteiger partial charge in [-0.1, -0.05) is 38.5 Å². The third-order valence-electron chi connectivity index (χ3n) is 3.69. The van der Waals surface area contributed by atoms with E-state index in [2.05, 4.69) is 0 Å². The summed E-state index contributed by atoms with van der Waals surface area (Å²) >= 11 is 0. The zero-order valence-corrected chi connectivity index (χ0v) is 12.1. The summed E-state index contributed by atoms with van der Waals surface area (Å²) in [6, 6.07) is 4.79. The van der Waals surface area contributed by atoms with Gasteiger partial charge in [0.05, 0.1) is 6.61 Å². The number of carbonyl (C=O) groups excluding carboxylic acids is 3. The molecular weight excluding hydrogens is 272 g/mol. The van der Waals surface area contributed by atoms with E-state index in [4.69, 9.17) is 4.74 Å². The largest absolute Gasteiger partial charge is 0.463 e. The minimum Gasteiger partial charge on any atom is -0.463 e. The van der Waals surface area contributed by atoms with Crippen LogP contribution in [0.4, 0.5) is 0 Å². The molecule has 0 saturated carbocycles. The molecule has 112 valence electrons. The Balaban J connectivity index is 2.38. The highest BCUT2D eigenvalue weighted by Crippen LogP contribution is 2.33. The van der Waals surface area contributed by atoms with Gasteiger partial charge in [0.2, 0.25) is 11.6 Å². The van der Waals surface area contributed by atoms with Crippen LogP contribution in [0.5, 0.6) is 0 Å². The second-order valence-corrected chi connectivity index (χ2v) is 5.05. The maximum Gasteiger partial charge on any atom is 0.354 e. The van der Waals surface area contributed by atoms with Crippen LogP contribution in [0, 0.1) is 0 Å². The maximum absolute atomic E-state index is 12.4. The molecule has 1 aromatic carbocycles. The third kappa shape index (κ3) is 2.27. The number of unbranched alkanes of at least 4 members (excludes halogenated alkanes) is 1. The van der Waals surface area contributed by atoms with Crippen LogP contribution in [-0.2, 0) is 16.0 Å². The molecule has 0 fully saturated rings. The van der Waals surface area contributed by atoms with Crippen molar-refractivity contribution in [1.29, 1.82) is 0 Å². The highest BCUT2D eigenvalue weighted by molar-refractivity contribution is 6.41. The SMILES string of the molecule is CCCCOC(=O)C1(O)C(=O)c2cccc(CC)c2C1=O. The lowest BCUT2D eigenvalue weighted by molar-refractivity contribution is -0.156. The van der Waals surface area contributed by atoms with Crippen LogP contribution in [0.15, 0.2) is 18.2 Å². The van der Waals surface area contributed by atoms with Crippen molar-refractivity contribution in [2.24, 2.45) is 0 Å². The molecule has 1 aliphatic carbocycles. The van der Waals surface area contributed by atoms with E-state index >= 15 is 0 Å². The zero-order chi connectivity index (χ0) is 15.6. The quantitative estimate of drug-likeness (QED) is 0.507. The number of carbonyl (C=O) groups is 3. The van der Waals surface area contributed by atoms with E-state index in [1.807, 2.05) is 13.8 Å². The van der Waals surface area contributed by atoms with Crippen LogP contribution in [0.3, 0.4) is 0 Å². The molecule has 0 aromatic heterocycles. The Hall–Kier alpha value is -2.01. The van der Waals surface area contributed by atoms with Crippen LogP contribution in [0.25, 0.3) is 0 Å². The second-order valence-electron chi connectivity index (χ2n) is 5.05. The maximum atomic E-state index is 12.4. The molecule has 0 spiro atoms. The third-order valence-corrected chi connectivity index (χ3v) is 3.69. The molecule has 2 rings (SSSR count). The minimum atomic E-state index is -2.72. The first-order chi connectivity index (χ1) is 9.98. The molecule has 21 heavy (non-hydrogen) atoms. The lowest BCUT2D eigenvalue weighted by atomic mass is 9.97. The molecule has 1 atom stereocenters. The number of aliphatic hydroxyl groups is 1. The number of benzene rings is 1. The summed E-state index contributed by atoms with van der Waals surface area (Å²) in [5.41, 5.74) is -1.85. The number of hydrogen-bond acceptors (Lipinski definition) is 5. The van der Waals surface area contributed by atoms with E-state index in [1.165, 1.54) is 6.07 Å². The van der Waals surface area contributed by atoms with E-state index < -0.39 is 23.1 Å². The standard InChI is InChI=1S/C16H18O5/c1-3-5-9-21-15(19)16(20)13(17)11-8-6-7-10(4-2)12(11)14(16)18/h6-8,20H,3-5,9H2,1-2H3. The number of Topliss-reactive ketones (excluding diaryl/α,β-unsaturated/α-hetero) is 2. The number of ether oxygens (including phenoxy) is 1. The van der Waals surface area contributed by atoms with Crippen LogP contribution in [0.1, 0.15) is 53.0 Å². The molecule has 5 heteroatoms. The summed E-state index contributed by atoms with van der Waals surface area (Å²) in [4.78, 5) is 36.7. The molecule has 5 nitrogen and oxygen atoms in total. The molecule has 1 unspecified atom stereocenters. The fourth-order valence-electron chi connectivity index (χ4n) is 2.43. The van der Waals surface area contributed by atoms with Crippen molar-refractivity contribution in [1.82, 2.24) is 0 Å². The Bertz CT molecular complexity index is 605. The molecule has 1 aromatic rings. The Kier molecular flexibility index (Phi) is 4.23. The smallest absolute Gasteiger partial charge is 0.354 e. The molecule has 0 radical (unpaired) electrons. The van der Waals surface area contributed by atoms with Gasteiger partial charge in [-0.3, -0.25) is 9.59 Å². The molecule has 0 saturated heterocycles. The van der Waals surface area contributed by atoms with Gasteiger partial charge in [-0.2, -0.15) is 0 Å². The zero-order valence-electron chi connectivity index (χ0n) is 12.1. The van der Waals surface area contributed by atoms with E-state index in [0.29, 0.717) is 18.4 Å². The first-order valence-corrected chi connectivity index (χ1v) is 7.09. The lowest BCUT2D eigenvalue weighted by Crippen LogP contribution is -2.50. The van der Waals surface area contributed by atoms with Crippen molar-refractivity contribution in [2.45, 2.75) is 38.7 Å². The van der Waals surface area contributed by atoms with Gasteiger partial charge in [0.1, 0.15) is 0 Å². The molecule has 0 amide bonds. The van der Waals surface area contributed by atoms with Crippen LogP contribution in [0.2, 0.25) is 0 Å². The lowest BCUT2D eigenvalue weighted by Gasteiger charge is -2.17. The fraction of sp³-hybridized carbons (Fsp3) is 0.438. The van der Waals surface area contributed by atoms with Gasteiger partial charge >= 0.3 is 5.97 Å². The average Bonchev–Trinajstić information content (AvgIpc) is 2.70. The van der Waals surface area contributed by atoms with Gasteiger partial charge in [-0.15, -0.1) is 0 Å². The number of hydrogen-bond donors (Lipinski definition) is 1. The summed E-state index contributed by atoms with van der Waals surface area (Å²) in [6.45, 7) is 3.83. The predicted octanol–water partition coefficient (Wildman–Crippen LogP) is 1.70. The summed E-state index contributed by atoms with van der Waals surface area (Å²) in [5, 5.41) is 10.4. The van der Waals surface area contributed by atoms with E-state index in [0.717, 1.165) is 6.42 Å². The van der Waals surface area contributed by atoms with Gasteiger partial charge in [-0.05, 0) is 18.4 Å². The molecule has 1 N–H and O–H groups in total. The van der Waals surface area contributed by atoms with Crippen molar-refractivity contribution in [3.8, 4) is 0 Å². The molecule has 0 heterocycles. The van der Waals surface area contributed by atoms with E-state index in [-0.39, 0.29) is 17.7 Å². The van der Waals surface area contributed by atoms with Crippen molar-refractivity contribution in [3.05, 3.63) is 34.9 Å². The normalized spacial score (nSPS) is 20.5. The van der Waals surface area contributed by atoms with Crippen molar-refractivity contribution in [2.75, 3.05) is 6.61 Å². The monoisotopic (exact) mass is 290 g/mol. The molecule has 0 bridgehead atoms. The topological polar surface area (TPSA) is 80.7 Å². The molecular formula is C16H18O5. The van der Waals surface area contributed by atoms with Gasteiger partial charge in [0.25, 0.3) is 5.60 Å². The first kappa shape index (κ1) is 15.4. The molecule has 0 aliphatic heterocycles. The van der Waals surface area contributed by atoms with Gasteiger partial charge in [0, 0.05) is 11.1 Å². The fourth-order valence-corrected chi connectivity index (χ4v) is 2.43. The average molecular weight is 290 g/mol. The minimum absolute atomic E-state index is 0.0786. The predicted molar refractivity (Wildman–Crippen MR) is 75.3 cm³/mol. The molecule has 1 aliphatic rings. The van der Waals surface area contributed by atoms with Crippen LogP contribution in [-0.4, -0.2) is 34.9 Å². The van der Waals surface area contributed by atoms with Crippen molar-refractivity contribution in [3.63, 3.8) is 0 Å².